The molecule has 0 aromatic rings. The Morgan fingerprint density at radius 1 is 2.00 bits per heavy atom. The van der Waals surface area contributed by atoms with Gasteiger partial charge in [0.05, 0.1) is 0 Å². The summed E-state index contributed by atoms with van der Waals surface area (Å²) in [7, 11) is 0. The summed E-state index contributed by atoms with van der Waals surface area (Å²) in [6.07, 6.45) is 0. The molecule has 0 aliphatic carbocycles. The first-order valence-corrected chi connectivity index (χ1v) is 0.654. The third-order valence-corrected chi connectivity index (χ3v) is 0.0430. The number of carbonyl (C=O) groups excluding carboxylic acids is 1. The van der Waals surface area contributed by atoms with E-state index in [1.54, 1.807) is 0 Å². The van der Waals surface area contributed by atoms with E-state index in [9.17, 15) is 0 Å². The molecule has 0 amide bonds. The van der Waals surface area contributed by atoms with Gasteiger partial charge in [0.1, 0.15) is 0 Å². The van der Waals surface area contributed by atoms with Crippen LogP contribution in [0.5, 0.6) is 0 Å². The number of rotatable bonds is 1. The third-order valence-electron chi connectivity index (χ3n) is 0.0430. The molecular formula is CH3CsO3. The van der Waals surface area contributed by atoms with Crippen molar-refractivity contribution in [3.8, 4) is 0 Å². The molecule has 0 unspecified atom stereocenters. The van der Waals surface area contributed by atoms with Crippen molar-refractivity contribution in [1.29, 1.82) is 0 Å². The van der Waals surface area contributed by atoms with Gasteiger partial charge in [-0.05, 0) is 0 Å². The van der Waals surface area contributed by atoms with Gasteiger partial charge in [0.15, 0.2) is 0 Å². The van der Waals surface area contributed by atoms with E-state index < -0.39 is 0 Å². The van der Waals surface area contributed by atoms with Gasteiger partial charge < -0.3 is 6.31 Å². The summed E-state index contributed by atoms with van der Waals surface area (Å²) in [6.45, 7) is -0.0694. The molecule has 26 valence electrons. The van der Waals surface area contributed by atoms with Gasteiger partial charge in [-0.15, -0.1) is 0 Å². The first kappa shape index (κ1) is 9.70. The molecule has 0 heterocycles. The van der Waals surface area contributed by atoms with Crippen molar-refractivity contribution >= 4 is 6.47 Å². The van der Waals surface area contributed by atoms with Crippen LogP contribution in [0.25, 0.3) is 0 Å². The van der Waals surface area contributed by atoms with E-state index in [0.29, 0.717) is 0 Å². The van der Waals surface area contributed by atoms with Crippen LogP contribution in [0.15, 0.2) is 0 Å². The topological polar surface area (TPSA) is 46.5 Å². The Bertz CT molecular complexity index is 24.8. The number of hydrogen-bond acceptors (Lipinski definition) is 3. The predicted molar refractivity (Wildman–Crippen MR) is 10.9 cm³/mol. The summed E-state index contributed by atoms with van der Waals surface area (Å²) in [4.78, 5) is 11.6. The molecule has 0 saturated heterocycles. The van der Waals surface area contributed by atoms with Gasteiger partial charge >= 0.3 is 75.4 Å². The molecule has 0 aliphatic heterocycles. The van der Waals surface area contributed by atoms with Gasteiger partial charge in [0, 0.05) is 0 Å². The third kappa shape index (κ3) is 10.8. The molecule has 0 aromatic carbocycles. The van der Waals surface area contributed by atoms with E-state index >= 15 is 0 Å². The fourth-order valence-corrected chi connectivity index (χ4v) is 0. The van der Waals surface area contributed by atoms with Crippen LogP contribution in [0, 0.1) is 0 Å². The average Bonchev–Trinajstić information content (AvgIpc) is 1.37. The second-order valence-electron chi connectivity index (χ2n) is 0.202. The van der Waals surface area contributed by atoms with Crippen LogP contribution in [0.2, 0.25) is 0 Å². The quantitative estimate of drug-likeness (QED) is 0.272. The Hall–Kier alpha value is 1.48. The average molecular weight is 196 g/mol. The van der Waals surface area contributed by atoms with Gasteiger partial charge in [0.25, 0.3) is 0 Å². The summed E-state index contributed by atoms with van der Waals surface area (Å²) >= 11 is 0. The molecule has 0 aromatic heterocycles. The predicted octanol–water partition coefficient (Wildman–Crippen LogP) is -3.25. The molecule has 0 spiro atoms. The molecule has 0 radical (unpaired) electrons. The molecular weight excluding hydrogens is 193 g/mol. The zero-order valence-electron chi connectivity index (χ0n) is 3.84. The molecule has 3 nitrogen and oxygen atoms in total. The zero-order valence-corrected chi connectivity index (χ0v) is 9.12. The maximum atomic E-state index is 8.70. The summed E-state index contributed by atoms with van der Waals surface area (Å²) in [6, 6.07) is 0. The zero-order chi connectivity index (χ0) is 3.41. The van der Waals surface area contributed by atoms with Crippen molar-refractivity contribution in [1.82, 2.24) is 0 Å². The van der Waals surface area contributed by atoms with Crippen LogP contribution < -0.4 is 68.9 Å². The summed E-state index contributed by atoms with van der Waals surface area (Å²) in [5.41, 5.74) is 0. The monoisotopic (exact) mass is 196 g/mol. The second-order valence-corrected chi connectivity index (χ2v) is 0.202. The maximum absolute atomic E-state index is 8.70. The van der Waals surface area contributed by atoms with Crippen molar-refractivity contribution in [2.24, 2.45) is 0 Å². The second kappa shape index (κ2) is 9.08. The normalized spacial score (nSPS) is 4.20. The van der Waals surface area contributed by atoms with Gasteiger partial charge in [-0.25, -0.2) is 5.26 Å². The van der Waals surface area contributed by atoms with E-state index in [1.807, 2.05) is 0 Å². The van der Waals surface area contributed by atoms with Crippen molar-refractivity contribution < 1.29 is 85.3 Å². The number of hydrogen-bond donors (Lipinski definition) is 1. The van der Waals surface area contributed by atoms with Crippen molar-refractivity contribution in [2.45, 2.75) is 0 Å². The van der Waals surface area contributed by atoms with Crippen LogP contribution in [0.3, 0.4) is 0 Å². The maximum Gasteiger partial charge on any atom is 1.00 e. The van der Waals surface area contributed by atoms with Gasteiger partial charge in [-0.2, -0.15) is 0 Å². The molecule has 1 N–H and O–H groups in total. The van der Waals surface area contributed by atoms with Gasteiger partial charge in [0.2, 0.25) is 0 Å². The summed E-state index contributed by atoms with van der Waals surface area (Å²) in [5, 5.41) is 7.01. The molecule has 0 aliphatic rings. The minimum absolute atomic E-state index is 0. The van der Waals surface area contributed by atoms with E-state index in [2.05, 4.69) is 4.89 Å². The fraction of sp³-hybridized carbons (Fsp3) is 0. The molecule has 0 atom stereocenters. The molecule has 4 heteroatoms. The largest absolute Gasteiger partial charge is 1.00 e. The molecule has 0 saturated carbocycles. The Labute approximate surface area is 89.5 Å². The van der Waals surface area contributed by atoms with E-state index in [1.165, 1.54) is 0 Å². The van der Waals surface area contributed by atoms with E-state index in [4.69, 9.17) is 10.1 Å². The van der Waals surface area contributed by atoms with Gasteiger partial charge in [-0.1, -0.05) is 0 Å². The Kier molecular flexibility index (Phi) is 17.6. The standard InChI is InChI=1S/CH2O3.Cs.H/c2-1-4-3;;/h1,3H;;/q;+1;-1. The van der Waals surface area contributed by atoms with Crippen LogP contribution in [0.1, 0.15) is 1.43 Å². The minimum Gasteiger partial charge on any atom is -1.00 e. The first-order valence-electron chi connectivity index (χ1n) is 0.654. The van der Waals surface area contributed by atoms with Crippen LogP contribution in [0.4, 0.5) is 0 Å². The summed E-state index contributed by atoms with van der Waals surface area (Å²) in [5.74, 6) is 0. The molecule has 5 heavy (non-hydrogen) atoms. The van der Waals surface area contributed by atoms with Crippen LogP contribution in [-0.2, 0) is 9.68 Å². The summed E-state index contributed by atoms with van der Waals surface area (Å²) < 4.78 is 0. The van der Waals surface area contributed by atoms with Crippen LogP contribution >= 0.6 is 0 Å². The molecule has 0 fully saturated rings. The van der Waals surface area contributed by atoms with Crippen molar-refractivity contribution in [3.05, 3.63) is 0 Å². The first-order chi connectivity index (χ1) is 1.91. The molecule has 0 bridgehead atoms. The van der Waals surface area contributed by atoms with E-state index in [-0.39, 0.29) is 76.8 Å². The smallest absolute Gasteiger partial charge is 1.00 e. The minimum atomic E-state index is -0.0694. The van der Waals surface area contributed by atoms with Crippen molar-refractivity contribution in [3.63, 3.8) is 0 Å². The fourth-order valence-electron chi connectivity index (χ4n) is 0. The Morgan fingerprint density at radius 3 is 2.20 bits per heavy atom. The van der Waals surface area contributed by atoms with Crippen LogP contribution in [-0.4, -0.2) is 11.7 Å². The Morgan fingerprint density at radius 2 is 2.20 bits per heavy atom. The molecule has 0 rings (SSSR count). The van der Waals surface area contributed by atoms with Crippen molar-refractivity contribution in [2.75, 3.05) is 0 Å². The number of carbonyl (C=O) groups is 1. The van der Waals surface area contributed by atoms with Gasteiger partial charge in [-0.3, -0.25) is 4.79 Å². The Balaban J connectivity index is -0.0000000450. The van der Waals surface area contributed by atoms with E-state index in [0.717, 1.165) is 0 Å². The SMILES string of the molecule is O=COO.[Cs+].[H-].